The van der Waals surface area contributed by atoms with Crippen LogP contribution in [0.4, 0.5) is 0 Å². The summed E-state index contributed by atoms with van der Waals surface area (Å²) in [7, 11) is 0. The largest absolute Gasteiger partial charge is 0.314 e. The molecule has 1 aliphatic carbocycles. The summed E-state index contributed by atoms with van der Waals surface area (Å²) in [6.45, 7) is 5.86. The van der Waals surface area contributed by atoms with Crippen molar-refractivity contribution in [1.82, 2.24) is 5.32 Å². The second-order valence-corrected chi connectivity index (χ2v) is 7.17. The van der Waals surface area contributed by atoms with Crippen LogP contribution in [0.5, 0.6) is 0 Å². The molecular weight excluding hydrogens is 238 g/mol. The molecule has 1 aromatic rings. The van der Waals surface area contributed by atoms with Gasteiger partial charge in [-0.25, -0.2) is 0 Å². The van der Waals surface area contributed by atoms with Crippen molar-refractivity contribution in [3.05, 3.63) is 22.4 Å². The number of thiophene rings is 1. The third-order valence-corrected chi connectivity index (χ3v) is 4.91. The van der Waals surface area contributed by atoms with Gasteiger partial charge in [0.05, 0.1) is 0 Å². The van der Waals surface area contributed by atoms with Crippen LogP contribution in [0.3, 0.4) is 0 Å². The third-order valence-electron chi connectivity index (χ3n) is 3.97. The lowest BCUT2D eigenvalue weighted by molar-refractivity contribution is 0.254. The lowest BCUT2D eigenvalue weighted by Gasteiger charge is -2.30. The van der Waals surface area contributed by atoms with E-state index >= 15 is 0 Å². The predicted molar refractivity (Wildman–Crippen MR) is 81.2 cm³/mol. The predicted octanol–water partition coefficient (Wildman–Crippen LogP) is 4.49. The first-order chi connectivity index (χ1) is 8.74. The van der Waals surface area contributed by atoms with E-state index in [-0.39, 0.29) is 0 Å². The molecule has 1 nitrogen and oxygen atoms in total. The van der Waals surface area contributed by atoms with Gasteiger partial charge in [-0.1, -0.05) is 32.8 Å². The molecule has 1 heterocycles. The zero-order valence-electron chi connectivity index (χ0n) is 11.8. The van der Waals surface area contributed by atoms with Gasteiger partial charge in [0.25, 0.3) is 0 Å². The van der Waals surface area contributed by atoms with Gasteiger partial charge in [0.1, 0.15) is 0 Å². The number of rotatable bonds is 6. The third kappa shape index (κ3) is 4.74. The average Bonchev–Trinajstić information content (AvgIpc) is 2.82. The van der Waals surface area contributed by atoms with E-state index in [9.17, 15) is 0 Å². The second-order valence-electron chi connectivity index (χ2n) is 6.14. The fraction of sp³-hybridized carbons (Fsp3) is 0.750. The second kappa shape index (κ2) is 7.30. The van der Waals surface area contributed by atoms with E-state index in [0.717, 1.165) is 24.4 Å². The Morgan fingerprint density at radius 3 is 3.00 bits per heavy atom. The highest BCUT2D eigenvalue weighted by Gasteiger charge is 2.21. The van der Waals surface area contributed by atoms with Gasteiger partial charge in [0, 0.05) is 17.5 Å². The van der Waals surface area contributed by atoms with Gasteiger partial charge >= 0.3 is 0 Å². The summed E-state index contributed by atoms with van der Waals surface area (Å²) in [5.74, 6) is 1.83. The molecule has 1 aromatic heterocycles. The fourth-order valence-electron chi connectivity index (χ4n) is 3.21. The van der Waals surface area contributed by atoms with Crippen molar-refractivity contribution in [3.8, 4) is 0 Å². The lowest BCUT2D eigenvalue weighted by Crippen LogP contribution is -2.35. The molecule has 2 unspecified atom stereocenters. The minimum atomic E-state index is 0.780. The first kappa shape index (κ1) is 14.1. The van der Waals surface area contributed by atoms with Gasteiger partial charge < -0.3 is 5.32 Å². The summed E-state index contributed by atoms with van der Waals surface area (Å²) in [6, 6.07) is 5.18. The molecule has 0 aromatic carbocycles. The van der Waals surface area contributed by atoms with Crippen LogP contribution < -0.4 is 5.32 Å². The van der Waals surface area contributed by atoms with Crippen molar-refractivity contribution in [2.45, 2.75) is 58.4 Å². The maximum absolute atomic E-state index is 3.77. The Morgan fingerprint density at radius 1 is 1.39 bits per heavy atom. The Kier molecular flexibility index (Phi) is 5.71. The molecule has 0 amide bonds. The van der Waals surface area contributed by atoms with Crippen LogP contribution in [0.1, 0.15) is 50.8 Å². The molecule has 0 aliphatic heterocycles. The SMILES string of the molecule is CC(C)CC1CCCC(NCCc2cccs2)C1. The Labute approximate surface area is 116 Å². The van der Waals surface area contributed by atoms with Gasteiger partial charge in [-0.2, -0.15) is 0 Å². The molecule has 0 saturated heterocycles. The molecule has 2 heteroatoms. The van der Waals surface area contributed by atoms with Crippen LogP contribution in [0, 0.1) is 11.8 Å². The summed E-state index contributed by atoms with van der Waals surface area (Å²) in [6.07, 6.45) is 8.29. The maximum Gasteiger partial charge on any atom is 0.00698 e. The Morgan fingerprint density at radius 2 is 2.28 bits per heavy atom. The van der Waals surface area contributed by atoms with E-state index in [1.807, 2.05) is 11.3 Å². The minimum Gasteiger partial charge on any atom is -0.314 e. The standard InChI is InChI=1S/C16H27NS/c1-13(2)11-14-5-3-6-15(12-14)17-9-8-16-7-4-10-18-16/h4,7,10,13-15,17H,3,5-6,8-9,11-12H2,1-2H3. The van der Waals surface area contributed by atoms with Crippen molar-refractivity contribution >= 4 is 11.3 Å². The maximum atomic E-state index is 3.77. The Bertz CT molecular complexity index is 318. The van der Waals surface area contributed by atoms with E-state index in [0.29, 0.717) is 0 Å². The van der Waals surface area contributed by atoms with E-state index in [2.05, 4.69) is 36.7 Å². The number of hydrogen-bond donors (Lipinski definition) is 1. The lowest BCUT2D eigenvalue weighted by atomic mass is 9.81. The quantitative estimate of drug-likeness (QED) is 0.799. The fourth-order valence-corrected chi connectivity index (χ4v) is 3.92. The molecular formula is C16H27NS. The summed E-state index contributed by atoms with van der Waals surface area (Å²) in [5.41, 5.74) is 0. The summed E-state index contributed by atoms with van der Waals surface area (Å²) >= 11 is 1.88. The van der Waals surface area contributed by atoms with Gasteiger partial charge in [-0.3, -0.25) is 0 Å². The molecule has 2 rings (SSSR count). The monoisotopic (exact) mass is 265 g/mol. The van der Waals surface area contributed by atoms with Crippen molar-refractivity contribution in [1.29, 1.82) is 0 Å². The molecule has 2 atom stereocenters. The van der Waals surface area contributed by atoms with Crippen molar-refractivity contribution in [2.24, 2.45) is 11.8 Å². The first-order valence-electron chi connectivity index (χ1n) is 7.50. The van der Waals surface area contributed by atoms with E-state index in [4.69, 9.17) is 0 Å². The topological polar surface area (TPSA) is 12.0 Å². The van der Waals surface area contributed by atoms with Crippen LogP contribution in [0.15, 0.2) is 17.5 Å². The van der Waals surface area contributed by atoms with E-state index < -0.39 is 0 Å². The van der Waals surface area contributed by atoms with Crippen molar-refractivity contribution in [3.63, 3.8) is 0 Å². The summed E-state index contributed by atoms with van der Waals surface area (Å²) < 4.78 is 0. The smallest absolute Gasteiger partial charge is 0.00698 e. The van der Waals surface area contributed by atoms with Crippen molar-refractivity contribution in [2.75, 3.05) is 6.54 Å². The highest BCUT2D eigenvalue weighted by Crippen LogP contribution is 2.29. The molecule has 1 aliphatic rings. The van der Waals surface area contributed by atoms with Crippen LogP contribution in [0.25, 0.3) is 0 Å². The highest BCUT2D eigenvalue weighted by atomic mass is 32.1. The molecule has 1 saturated carbocycles. The van der Waals surface area contributed by atoms with Gasteiger partial charge in [0.2, 0.25) is 0 Å². The van der Waals surface area contributed by atoms with Gasteiger partial charge in [-0.15, -0.1) is 11.3 Å². The molecule has 0 bridgehead atoms. The van der Waals surface area contributed by atoms with Crippen LogP contribution in [-0.2, 0) is 6.42 Å². The summed E-state index contributed by atoms with van der Waals surface area (Å²) in [5, 5.41) is 5.94. The first-order valence-corrected chi connectivity index (χ1v) is 8.37. The highest BCUT2D eigenvalue weighted by molar-refractivity contribution is 7.09. The normalized spacial score (nSPS) is 24.6. The Balaban J connectivity index is 1.66. The molecule has 1 fully saturated rings. The zero-order chi connectivity index (χ0) is 12.8. The van der Waals surface area contributed by atoms with Crippen LogP contribution >= 0.6 is 11.3 Å². The zero-order valence-corrected chi connectivity index (χ0v) is 12.6. The molecule has 0 spiro atoms. The molecule has 102 valence electrons. The van der Waals surface area contributed by atoms with Crippen molar-refractivity contribution < 1.29 is 0 Å². The number of hydrogen-bond acceptors (Lipinski definition) is 2. The minimum absolute atomic E-state index is 0.780. The average molecular weight is 265 g/mol. The molecule has 18 heavy (non-hydrogen) atoms. The molecule has 0 radical (unpaired) electrons. The van der Waals surface area contributed by atoms with Crippen LogP contribution in [0.2, 0.25) is 0 Å². The summed E-state index contributed by atoms with van der Waals surface area (Å²) in [4.78, 5) is 1.51. The van der Waals surface area contributed by atoms with Gasteiger partial charge in [-0.05, 0) is 49.0 Å². The Hall–Kier alpha value is -0.340. The number of nitrogens with one attached hydrogen (secondary N) is 1. The molecule has 1 N–H and O–H groups in total. The van der Waals surface area contributed by atoms with Gasteiger partial charge in [0.15, 0.2) is 0 Å². The van der Waals surface area contributed by atoms with E-state index in [1.165, 1.54) is 43.4 Å². The van der Waals surface area contributed by atoms with Crippen LogP contribution in [-0.4, -0.2) is 12.6 Å². The van der Waals surface area contributed by atoms with E-state index in [1.54, 1.807) is 0 Å².